The minimum atomic E-state index is 0.102. The Morgan fingerprint density at radius 2 is 1.83 bits per heavy atom. The fraction of sp³-hybridized carbons (Fsp3) is 0.350. The molecular formula is C20H23N7OS. The molecule has 0 atom stereocenters. The van der Waals surface area contributed by atoms with Gasteiger partial charge in [0.25, 0.3) is 0 Å². The largest absolute Gasteiger partial charge is 0.370 e. The van der Waals surface area contributed by atoms with Crippen molar-refractivity contribution < 1.29 is 4.79 Å². The molecule has 1 saturated heterocycles. The number of nitrogens with one attached hydrogen (secondary N) is 1. The third-order valence-corrected chi connectivity index (χ3v) is 5.55. The molecule has 4 rings (SSSR count). The summed E-state index contributed by atoms with van der Waals surface area (Å²) < 4.78 is 0. The van der Waals surface area contributed by atoms with Crippen LogP contribution in [-0.4, -0.2) is 69.2 Å². The van der Waals surface area contributed by atoms with Gasteiger partial charge in [-0.05, 0) is 25.1 Å². The summed E-state index contributed by atoms with van der Waals surface area (Å²) in [7, 11) is 0. The van der Waals surface area contributed by atoms with Crippen LogP contribution in [0.15, 0.2) is 47.9 Å². The highest BCUT2D eigenvalue weighted by Crippen LogP contribution is 2.24. The van der Waals surface area contributed by atoms with Crippen LogP contribution >= 0.6 is 11.8 Å². The number of carbonyl (C=O) groups excluding carboxylic acids is 1. The first kappa shape index (κ1) is 19.4. The van der Waals surface area contributed by atoms with Gasteiger partial charge in [-0.3, -0.25) is 4.79 Å². The van der Waals surface area contributed by atoms with Gasteiger partial charge in [0.15, 0.2) is 5.16 Å². The highest BCUT2D eigenvalue weighted by atomic mass is 32.2. The van der Waals surface area contributed by atoms with Crippen LogP contribution in [0.1, 0.15) is 6.92 Å². The average Bonchev–Trinajstić information content (AvgIpc) is 2.78. The lowest BCUT2D eigenvalue weighted by atomic mass is 10.2. The van der Waals surface area contributed by atoms with Crippen molar-refractivity contribution in [3.8, 4) is 0 Å². The smallest absolute Gasteiger partial charge is 0.233 e. The van der Waals surface area contributed by atoms with Gasteiger partial charge in [0.1, 0.15) is 5.82 Å². The van der Waals surface area contributed by atoms with Crippen molar-refractivity contribution in [3.63, 3.8) is 0 Å². The maximum atomic E-state index is 12.7. The molecule has 29 heavy (non-hydrogen) atoms. The van der Waals surface area contributed by atoms with Gasteiger partial charge in [0.05, 0.1) is 11.3 Å². The first-order valence-electron chi connectivity index (χ1n) is 9.68. The number of rotatable bonds is 6. The second-order valence-corrected chi connectivity index (χ2v) is 7.55. The minimum Gasteiger partial charge on any atom is -0.370 e. The number of thioether (sulfide) groups is 1. The Kier molecular flexibility index (Phi) is 6.04. The zero-order valence-electron chi connectivity index (χ0n) is 16.3. The Labute approximate surface area is 173 Å². The topological polar surface area (TPSA) is 87.1 Å². The van der Waals surface area contributed by atoms with Gasteiger partial charge in [0.2, 0.25) is 11.9 Å². The number of piperazine rings is 1. The van der Waals surface area contributed by atoms with E-state index in [-0.39, 0.29) is 5.91 Å². The molecule has 2 aromatic heterocycles. The van der Waals surface area contributed by atoms with Crippen molar-refractivity contribution >= 4 is 40.3 Å². The van der Waals surface area contributed by atoms with E-state index in [1.54, 1.807) is 18.5 Å². The Balaban J connectivity index is 1.36. The van der Waals surface area contributed by atoms with Crippen LogP contribution in [-0.2, 0) is 4.79 Å². The van der Waals surface area contributed by atoms with Gasteiger partial charge >= 0.3 is 0 Å². The number of hydrogen-bond acceptors (Lipinski definition) is 8. The van der Waals surface area contributed by atoms with E-state index >= 15 is 0 Å². The first-order chi connectivity index (χ1) is 14.2. The second-order valence-electron chi connectivity index (χ2n) is 6.61. The third kappa shape index (κ3) is 4.56. The summed E-state index contributed by atoms with van der Waals surface area (Å²) in [6.07, 6.45) is 3.48. The van der Waals surface area contributed by atoms with Gasteiger partial charge < -0.3 is 15.1 Å². The molecule has 8 nitrogen and oxygen atoms in total. The lowest BCUT2D eigenvalue weighted by Crippen LogP contribution is -2.49. The number of para-hydroxylation sites is 1. The molecule has 3 heterocycles. The monoisotopic (exact) mass is 409 g/mol. The molecule has 1 aliphatic rings. The quantitative estimate of drug-likeness (QED) is 0.490. The van der Waals surface area contributed by atoms with E-state index in [0.29, 0.717) is 24.0 Å². The van der Waals surface area contributed by atoms with Gasteiger partial charge in [-0.25, -0.2) is 19.9 Å². The molecule has 1 aliphatic heterocycles. The number of fused-ring (bicyclic) bond motifs is 1. The van der Waals surface area contributed by atoms with Crippen LogP contribution in [0, 0.1) is 0 Å². The Hall–Kier alpha value is -2.94. The van der Waals surface area contributed by atoms with E-state index < -0.39 is 0 Å². The van der Waals surface area contributed by atoms with Gasteiger partial charge in [-0.15, -0.1) is 0 Å². The predicted molar refractivity (Wildman–Crippen MR) is 115 cm³/mol. The van der Waals surface area contributed by atoms with Crippen molar-refractivity contribution in [3.05, 3.63) is 42.7 Å². The summed E-state index contributed by atoms with van der Waals surface area (Å²) in [6, 6.07) is 9.71. The number of carbonyl (C=O) groups is 1. The molecule has 1 fully saturated rings. The van der Waals surface area contributed by atoms with Crippen molar-refractivity contribution in [1.82, 2.24) is 24.8 Å². The molecule has 9 heteroatoms. The molecule has 0 unspecified atom stereocenters. The van der Waals surface area contributed by atoms with Crippen LogP contribution < -0.4 is 10.2 Å². The van der Waals surface area contributed by atoms with Gasteiger partial charge in [0, 0.05) is 50.5 Å². The summed E-state index contributed by atoms with van der Waals surface area (Å²) in [5.74, 6) is 1.95. The molecular weight excluding hydrogens is 386 g/mol. The Morgan fingerprint density at radius 1 is 1.07 bits per heavy atom. The Bertz CT molecular complexity index is 977. The van der Waals surface area contributed by atoms with Crippen LogP contribution in [0.2, 0.25) is 0 Å². The summed E-state index contributed by atoms with van der Waals surface area (Å²) >= 11 is 1.38. The standard InChI is InChI=1S/C20H23N7OS/c1-2-21-18-15-6-3-4-7-16(15)24-20(25-18)29-14-17(28)26-10-12-27(13-11-26)19-22-8-5-9-23-19/h3-9H,2,10-14H2,1H3,(H,21,24,25). The van der Waals surface area contributed by atoms with Crippen molar-refractivity contribution in [2.24, 2.45) is 0 Å². The molecule has 0 radical (unpaired) electrons. The van der Waals surface area contributed by atoms with E-state index in [2.05, 4.69) is 30.2 Å². The molecule has 0 bridgehead atoms. The highest BCUT2D eigenvalue weighted by Gasteiger charge is 2.22. The summed E-state index contributed by atoms with van der Waals surface area (Å²) in [6.45, 7) is 5.61. The average molecular weight is 410 g/mol. The van der Waals surface area contributed by atoms with Crippen LogP contribution in [0.5, 0.6) is 0 Å². The molecule has 3 aromatic rings. The van der Waals surface area contributed by atoms with Crippen molar-refractivity contribution in [2.75, 3.05) is 48.7 Å². The van der Waals surface area contributed by atoms with Gasteiger partial charge in [-0.1, -0.05) is 23.9 Å². The fourth-order valence-electron chi connectivity index (χ4n) is 3.25. The molecule has 1 aromatic carbocycles. The minimum absolute atomic E-state index is 0.102. The molecule has 1 N–H and O–H groups in total. The van der Waals surface area contributed by atoms with E-state index in [0.717, 1.165) is 42.3 Å². The van der Waals surface area contributed by atoms with E-state index in [1.807, 2.05) is 36.1 Å². The van der Waals surface area contributed by atoms with Crippen molar-refractivity contribution in [1.29, 1.82) is 0 Å². The molecule has 0 spiro atoms. The molecule has 0 saturated carbocycles. The number of nitrogens with zero attached hydrogens (tertiary/aromatic N) is 6. The number of hydrogen-bond donors (Lipinski definition) is 1. The maximum absolute atomic E-state index is 12.7. The summed E-state index contributed by atoms with van der Waals surface area (Å²) in [5, 5.41) is 4.89. The van der Waals surface area contributed by atoms with Crippen molar-refractivity contribution in [2.45, 2.75) is 12.1 Å². The van der Waals surface area contributed by atoms with Crippen LogP contribution in [0.25, 0.3) is 10.9 Å². The first-order valence-corrected chi connectivity index (χ1v) is 10.7. The Morgan fingerprint density at radius 3 is 2.59 bits per heavy atom. The fourth-order valence-corrected chi connectivity index (χ4v) is 4.00. The summed E-state index contributed by atoms with van der Waals surface area (Å²) in [4.78, 5) is 34.4. The van der Waals surface area contributed by atoms with Crippen LogP contribution in [0.3, 0.4) is 0 Å². The lowest BCUT2D eigenvalue weighted by molar-refractivity contribution is -0.128. The highest BCUT2D eigenvalue weighted by molar-refractivity contribution is 7.99. The lowest BCUT2D eigenvalue weighted by Gasteiger charge is -2.34. The summed E-state index contributed by atoms with van der Waals surface area (Å²) in [5.41, 5.74) is 0.880. The number of benzene rings is 1. The van der Waals surface area contributed by atoms with E-state index in [4.69, 9.17) is 0 Å². The predicted octanol–water partition coefficient (Wildman–Crippen LogP) is 2.29. The SMILES string of the molecule is CCNc1nc(SCC(=O)N2CCN(c3ncccn3)CC2)nc2ccccc12. The number of amides is 1. The third-order valence-electron chi connectivity index (χ3n) is 4.72. The number of anilines is 2. The van der Waals surface area contributed by atoms with E-state index in [9.17, 15) is 4.79 Å². The second kappa shape index (κ2) is 9.04. The number of aromatic nitrogens is 4. The normalized spacial score (nSPS) is 14.2. The molecule has 1 amide bonds. The molecule has 150 valence electrons. The zero-order chi connectivity index (χ0) is 20.1. The maximum Gasteiger partial charge on any atom is 0.233 e. The van der Waals surface area contributed by atoms with Gasteiger partial charge in [-0.2, -0.15) is 0 Å². The molecule has 0 aliphatic carbocycles. The van der Waals surface area contributed by atoms with Crippen LogP contribution in [0.4, 0.5) is 11.8 Å². The zero-order valence-corrected chi connectivity index (χ0v) is 17.1. The van der Waals surface area contributed by atoms with E-state index in [1.165, 1.54) is 11.8 Å².